The van der Waals surface area contributed by atoms with Gasteiger partial charge in [0.25, 0.3) is 0 Å². The van der Waals surface area contributed by atoms with Crippen molar-refractivity contribution >= 4 is 42.2 Å². The van der Waals surface area contributed by atoms with E-state index in [1.165, 1.54) is 0 Å². The Labute approximate surface area is 235 Å². The standard InChI is InChI=1S/C27H43N5O6S/c1-19(31-26(36)21(28)17-20-11-5-2-6-12-20)25(35)30-16-10-3-7-13-23(33)29-15-9-4-8-14-24(34)32-22(18-39)27(37)38/h2,5-6,11-12,19,21-22,39H,3-4,7-10,13-18,28H2,1H3,(H,29,33)(H,30,35)(H,31,36)(H,32,34)(H,37,38)/t19-,21-,22-/m0/s1. The molecule has 0 unspecified atom stereocenters. The number of carboxylic acids is 1. The van der Waals surface area contributed by atoms with Crippen LogP contribution in [0.3, 0.4) is 0 Å². The molecule has 218 valence electrons. The third-order valence-electron chi connectivity index (χ3n) is 5.99. The molecule has 1 aromatic rings. The summed E-state index contributed by atoms with van der Waals surface area (Å²) in [4.78, 5) is 59.1. The quantitative estimate of drug-likeness (QED) is 0.0906. The molecule has 0 saturated carbocycles. The molecule has 0 aliphatic rings. The highest BCUT2D eigenvalue weighted by atomic mass is 32.1. The molecule has 0 aliphatic heterocycles. The molecule has 39 heavy (non-hydrogen) atoms. The Balaban J connectivity index is 2.04. The monoisotopic (exact) mass is 565 g/mol. The summed E-state index contributed by atoms with van der Waals surface area (Å²) in [5.74, 6) is -2.10. The molecule has 0 bridgehead atoms. The van der Waals surface area contributed by atoms with Crippen molar-refractivity contribution in [2.24, 2.45) is 5.73 Å². The van der Waals surface area contributed by atoms with Crippen LogP contribution in [0, 0.1) is 0 Å². The van der Waals surface area contributed by atoms with Crippen LogP contribution in [-0.2, 0) is 30.4 Å². The van der Waals surface area contributed by atoms with Gasteiger partial charge >= 0.3 is 5.97 Å². The van der Waals surface area contributed by atoms with Gasteiger partial charge in [-0.05, 0) is 44.6 Å². The van der Waals surface area contributed by atoms with Gasteiger partial charge in [-0.15, -0.1) is 0 Å². The van der Waals surface area contributed by atoms with Crippen LogP contribution in [-0.4, -0.2) is 71.7 Å². The van der Waals surface area contributed by atoms with Crippen LogP contribution in [0.15, 0.2) is 30.3 Å². The van der Waals surface area contributed by atoms with Crippen LogP contribution < -0.4 is 27.0 Å². The van der Waals surface area contributed by atoms with Crippen LogP contribution in [0.2, 0.25) is 0 Å². The van der Waals surface area contributed by atoms with Gasteiger partial charge in [0.1, 0.15) is 12.1 Å². The van der Waals surface area contributed by atoms with Crippen molar-refractivity contribution in [3.05, 3.63) is 35.9 Å². The second-order valence-corrected chi connectivity index (χ2v) is 9.79. The lowest BCUT2D eigenvalue weighted by molar-refractivity contribution is -0.141. The molecular formula is C27H43N5O6S. The lowest BCUT2D eigenvalue weighted by atomic mass is 10.1. The zero-order valence-corrected chi connectivity index (χ0v) is 23.5. The second kappa shape index (κ2) is 19.9. The van der Waals surface area contributed by atoms with E-state index in [2.05, 4.69) is 33.9 Å². The van der Waals surface area contributed by atoms with E-state index in [1.54, 1.807) is 6.92 Å². The Bertz CT molecular complexity index is 917. The number of carbonyl (C=O) groups excluding carboxylic acids is 4. The summed E-state index contributed by atoms with van der Waals surface area (Å²) in [6, 6.07) is 7.02. The van der Waals surface area contributed by atoms with Gasteiger partial charge in [-0.2, -0.15) is 12.6 Å². The van der Waals surface area contributed by atoms with Gasteiger partial charge in [-0.3, -0.25) is 19.2 Å². The molecule has 0 aliphatic carbocycles. The Morgan fingerprint density at radius 3 is 2.00 bits per heavy atom. The van der Waals surface area contributed by atoms with Gasteiger partial charge in [0, 0.05) is 31.7 Å². The number of hydrogen-bond donors (Lipinski definition) is 7. The maximum absolute atomic E-state index is 12.3. The number of benzene rings is 1. The number of unbranched alkanes of at least 4 members (excludes halogenated alkanes) is 4. The molecule has 0 heterocycles. The summed E-state index contributed by atoms with van der Waals surface area (Å²) >= 11 is 3.90. The van der Waals surface area contributed by atoms with Gasteiger partial charge < -0.3 is 32.1 Å². The minimum absolute atomic E-state index is 0.0338. The third-order valence-corrected chi connectivity index (χ3v) is 6.35. The highest BCUT2D eigenvalue weighted by Gasteiger charge is 2.20. The summed E-state index contributed by atoms with van der Waals surface area (Å²) in [5, 5.41) is 19.6. The molecule has 0 saturated heterocycles. The minimum atomic E-state index is -1.11. The summed E-state index contributed by atoms with van der Waals surface area (Å²) in [6.07, 6.45) is 5.27. The number of carbonyl (C=O) groups is 5. The van der Waals surface area contributed by atoms with E-state index < -0.39 is 24.1 Å². The maximum atomic E-state index is 12.3. The molecule has 1 aromatic carbocycles. The average molecular weight is 566 g/mol. The molecule has 0 fully saturated rings. The summed E-state index contributed by atoms with van der Waals surface area (Å²) in [7, 11) is 0. The number of hydrogen-bond acceptors (Lipinski definition) is 7. The van der Waals surface area contributed by atoms with Crippen molar-refractivity contribution in [1.29, 1.82) is 0 Å². The molecular weight excluding hydrogens is 522 g/mol. The number of nitrogens with two attached hydrogens (primary N) is 1. The van der Waals surface area contributed by atoms with E-state index in [0.717, 1.165) is 24.8 Å². The molecule has 4 amide bonds. The lowest BCUT2D eigenvalue weighted by Gasteiger charge is -2.17. The maximum Gasteiger partial charge on any atom is 0.327 e. The molecule has 12 heteroatoms. The number of amides is 4. The Kier molecular flexibility index (Phi) is 17.3. The van der Waals surface area contributed by atoms with Crippen LogP contribution in [0.5, 0.6) is 0 Å². The number of rotatable bonds is 20. The molecule has 0 spiro atoms. The zero-order valence-electron chi connectivity index (χ0n) is 22.6. The SMILES string of the molecule is C[C@H](NC(=O)[C@@H](N)Cc1ccccc1)C(=O)NCCCCCC(=O)NCCCCCC(=O)N[C@@H](CS)C(=O)O. The van der Waals surface area contributed by atoms with Crippen molar-refractivity contribution in [2.75, 3.05) is 18.8 Å². The van der Waals surface area contributed by atoms with Gasteiger partial charge in [-0.25, -0.2) is 4.79 Å². The summed E-state index contributed by atoms with van der Waals surface area (Å²) in [6.45, 7) is 2.58. The number of aliphatic carboxylic acids is 1. The van der Waals surface area contributed by atoms with E-state index >= 15 is 0 Å². The molecule has 7 N–H and O–H groups in total. The van der Waals surface area contributed by atoms with E-state index in [9.17, 15) is 24.0 Å². The molecule has 0 aromatic heterocycles. The predicted molar refractivity (Wildman–Crippen MR) is 152 cm³/mol. The largest absolute Gasteiger partial charge is 0.480 e. The second-order valence-electron chi connectivity index (χ2n) is 9.43. The smallest absolute Gasteiger partial charge is 0.327 e. The average Bonchev–Trinajstić information content (AvgIpc) is 2.91. The molecule has 11 nitrogen and oxygen atoms in total. The Morgan fingerprint density at radius 1 is 0.821 bits per heavy atom. The van der Waals surface area contributed by atoms with Crippen molar-refractivity contribution in [3.8, 4) is 0 Å². The van der Waals surface area contributed by atoms with Gasteiger partial charge in [0.2, 0.25) is 23.6 Å². The van der Waals surface area contributed by atoms with Crippen molar-refractivity contribution < 1.29 is 29.1 Å². The fraction of sp³-hybridized carbons (Fsp3) is 0.593. The van der Waals surface area contributed by atoms with Crippen LogP contribution in [0.1, 0.15) is 63.9 Å². The van der Waals surface area contributed by atoms with Gasteiger partial charge in [-0.1, -0.05) is 43.2 Å². The van der Waals surface area contributed by atoms with Crippen molar-refractivity contribution in [1.82, 2.24) is 21.3 Å². The van der Waals surface area contributed by atoms with Crippen molar-refractivity contribution in [3.63, 3.8) is 0 Å². The topological polar surface area (TPSA) is 180 Å². The molecule has 3 atom stereocenters. The van der Waals surface area contributed by atoms with Gasteiger partial charge in [0.05, 0.1) is 6.04 Å². The highest BCUT2D eigenvalue weighted by Crippen LogP contribution is 2.04. The fourth-order valence-electron chi connectivity index (χ4n) is 3.65. The minimum Gasteiger partial charge on any atom is -0.480 e. The normalized spacial score (nSPS) is 13.0. The number of thiol groups is 1. The predicted octanol–water partition coefficient (Wildman–Crippen LogP) is 0.914. The Morgan fingerprint density at radius 2 is 1.41 bits per heavy atom. The fourth-order valence-corrected chi connectivity index (χ4v) is 3.90. The summed E-state index contributed by atoms with van der Waals surface area (Å²) < 4.78 is 0. The van der Waals surface area contributed by atoms with E-state index in [1.807, 2.05) is 30.3 Å². The first-order chi connectivity index (χ1) is 18.6. The van der Waals surface area contributed by atoms with Crippen molar-refractivity contribution in [2.45, 2.75) is 82.8 Å². The van der Waals surface area contributed by atoms with Crippen LogP contribution >= 0.6 is 12.6 Å². The first-order valence-electron chi connectivity index (χ1n) is 13.4. The lowest BCUT2D eigenvalue weighted by Crippen LogP contribution is -2.50. The first kappa shape index (κ1) is 33.9. The summed E-state index contributed by atoms with van der Waals surface area (Å²) in [5.41, 5.74) is 6.91. The third kappa shape index (κ3) is 15.8. The zero-order chi connectivity index (χ0) is 29.0. The van der Waals surface area contributed by atoms with E-state index in [-0.39, 0.29) is 35.8 Å². The number of carboxylic acid groups (broad SMARTS) is 1. The molecule has 0 radical (unpaired) electrons. The highest BCUT2D eigenvalue weighted by molar-refractivity contribution is 7.80. The number of nitrogens with one attached hydrogen (secondary N) is 4. The molecule has 1 rings (SSSR count). The van der Waals surface area contributed by atoms with E-state index in [0.29, 0.717) is 45.2 Å². The Hall–Kier alpha value is -3.12. The van der Waals surface area contributed by atoms with Crippen LogP contribution in [0.25, 0.3) is 0 Å². The first-order valence-corrected chi connectivity index (χ1v) is 14.0. The van der Waals surface area contributed by atoms with E-state index in [4.69, 9.17) is 10.8 Å². The van der Waals surface area contributed by atoms with Crippen LogP contribution in [0.4, 0.5) is 0 Å². The van der Waals surface area contributed by atoms with Gasteiger partial charge in [0.15, 0.2) is 0 Å².